The third kappa shape index (κ3) is 8.37. The Kier molecular flexibility index (Phi) is 10.4. The predicted molar refractivity (Wildman–Crippen MR) is 159 cm³/mol. The van der Waals surface area contributed by atoms with Gasteiger partial charge in [-0.05, 0) is 43.9 Å². The van der Waals surface area contributed by atoms with Crippen molar-refractivity contribution in [3.05, 3.63) is 94.9 Å². The molecule has 0 aliphatic carbocycles. The number of fused-ring (bicyclic) bond motifs is 1. The van der Waals surface area contributed by atoms with Gasteiger partial charge in [0, 0.05) is 19.3 Å². The Morgan fingerprint density at radius 3 is 2.29 bits per heavy atom. The van der Waals surface area contributed by atoms with Crippen LogP contribution < -0.4 is 10.7 Å². The van der Waals surface area contributed by atoms with Gasteiger partial charge in [0.05, 0.1) is 36.2 Å². The number of nitrogens with zero attached hydrogens (tertiary/aromatic N) is 5. The minimum atomic E-state index is -0.581. The molecule has 0 atom stereocenters. The van der Waals surface area contributed by atoms with Gasteiger partial charge in [-0.2, -0.15) is 21.9 Å². The highest BCUT2D eigenvalue weighted by molar-refractivity contribution is 7.98. The van der Waals surface area contributed by atoms with Crippen molar-refractivity contribution in [2.24, 2.45) is 10.1 Å². The van der Waals surface area contributed by atoms with E-state index < -0.39 is 17.7 Å². The van der Waals surface area contributed by atoms with E-state index in [0.717, 1.165) is 34.4 Å². The molecular formula is C29H33N7O4S. The van der Waals surface area contributed by atoms with Crippen LogP contribution in [0.4, 0.5) is 0 Å². The van der Waals surface area contributed by atoms with Gasteiger partial charge < -0.3 is 14.6 Å². The lowest BCUT2D eigenvalue weighted by Gasteiger charge is -2.18. The summed E-state index contributed by atoms with van der Waals surface area (Å²) < 4.78 is 5.85. The lowest BCUT2D eigenvalue weighted by Crippen LogP contribution is -2.45. The number of amides is 3. The zero-order valence-corrected chi connectivity index (χ0v) is 24.1. The molecule has 1 aliphatic rings. The third-order valence-electron chi connectivity index (χ3n) is 5.86. The van der Waals surface area contributed by atoms with Gasteiger partial charge in [0.1, 0.15) is 11.5 Å². The number of guanidine groups is 1. The van der Waals surface area contributed by atoms with Crippen molar-refractivity contribution in [1.29, 1.82) is 0 Å². The highest BCUT2D eigenvalue weighted by Gasteiger charge is 2.35. The Balaban J connectivity index is 1.34. The normalized spacial score (nSPS) is 13.4. The largest absolute Gasteiger partial charge is 0.464 e. The van der Waals surface area contributed by atoms with Crippen molar-refractivity contribution in [1.82, 2.24) is 25.7 Å². The molecule has 0 spiro atoms. The molecule has 0 saturated carbocycles. The molecule has 12 heteroatoms. The minimum absolute atomic E-state index is 0.234. The predicted octanol–water partition coefficient (Wildman–Crippen LogP) is 2.81. The lowest BCUT2D eigenvalue weighted by atomic mass is 10.1. The molecular weight excluding hydrogens is 542 g/mol. The number of hydrogen-bond acceptors (Lipinski definition) is 8. The Hall–Kier alpha value is -4.26. The van der Waals surface area contributed by atoms with Gasteiger partial charge in [0.2, 0.25) is 5.96 Å². The fraction of sp³-hybridized carbons (Fsp3) is 0.276. The first-order valence-electron chi connectivity index (χ1n) is 13.0. The van der Waals surface area contributed by atoms with Crippen LogP contribution in [0.3, 0.4) is 0 Å². The molecule has 1 aromatic heterocycles. The molecule has 11 nitrogen and oxygen atoms in total. The van der Waals surface area contributed by atoms with Crippen molar-refractivity contribution in [3.63, 3.8) is 0 Å². The number of benzene rings is 2. The number of nitrogens with one attached hydrogen (secondary N) is 2. The first-order valence-corrected chi connectivity index (χ1v) is 14.2. The summed E-state index contributed by atoms with van der Waals surface area (Å²) in [4.78, 5) is 44.1. The van der Waals surface area contributed by atoms with Gasteiger partial charge in [-0.25, -0.2) is 15.4 Å². The number of hydrazine groups is 1. The number of hydrazone groups is 1. The Morgan fingerprint density at radius 2 is 1.61 bits per heavy atom. The molecule has 2 aromatic carbocycles. The van der Waals surface area contributed by atoms with E-state index in [9.17, 15) is 14.4 Å². The van der Waals surface area contributed by atoms with Crippen molar-refractivity contribution < 1.29 is 18.8 Å². The van der Waals surface area contributed by atoms with E-state index >= 15 is 0 Å². The topological polar surface area (TPSA) is 123 Å². The summed E-state index contributed by atoms with van der Waals surface area (Å²) in [6.07, 6.45) is 1.66. The second-order valence-corrected chi connectivity index (χ2v) is 10.5. The van der Waals surface area contributed by atoms with Gasteiger partial charge >= 0.3 is 0 Å². The van der Waals surface area contributed by atoms with Crippen LogP contribution in [0, 0.1) is 0 Å². The molecule has 3 amide bonds. The van der Waals surface area contributed by atoms with E-state index in [-0.39, 0.29) is 12.5 Å². The van der Waals surface area contributed by atoms with E-state index in [4.69, 9.17) is 4.42 Å². The number of imide groups is 1. The van der Waals surface area contributed by atoms with Crippen molar-refractivity contribution in [3.8, 4) is 0 Å². The first-order chi connectivity index (χ1) is 19.8. The standard InChI is InChI=1S/C29H33N7O4S/c1-34(2)19-22-13-14-23(40-22)20-41-16-15-30-29(35(3)31-17-21-9-5-4-6-10-21)33-26(37)18-32-36-27(38)24-11-7-8-12-25(24)28(36)39/h4-14,17,32H,15-16,18-20H2,1-3H3,(H,30,33,37). The highest BCUT2D eigenvalue weighted by Crippen LogP contribution is 2.20. The number of furan rings is 1. The number of aliphatic imine (C=N–C) groups is 1. The molecule has 1 aliphatic heterocycles. The van der Waals surface area contributed by atoms with Crippen molar-refractivity contribution in [2.75, 3.05) is 40.0 Å². The zero-order valence-electron chi connectivity index (χ0n) is 23.2. The molecule has 0 unspecified atom stereocenters. The summed E-state index contributed by atoms with van der Waals surface area (Å²) in [6, 6.07) is 20.0. The van der Waals surface area contributed by atoms with E-state index in [1.54, 1.807) is 49.3 Å². The zero-order chi connectivity index (χ0) is 29.2. The number of hydrogen-bond donors (Lipinski definition) is 2. The number of carbonyl (C=O) groups is 3. The monoisotopic (exact) mass is 575 g/mol. The smallest absolute Gasteiger partial charge is 0.276 e. The number of carbonyl (C=O) groups excluding carboxylic acids is 3. The number of thioether (sulfide) groups is 1. The Labute approximate surface area is 243 Å². The molecule has 4 rings (SSSR count). The molecule has 0 radical (unpaired) electrons. The molecule has 0 bridgehead atoms. The second-order valence-electron chi connectivity index (χ2n) is 9.42. The van der Waals surface area contributed by atoms with Gasteiger partial charge in [0.25, 0.3) is 17.7 Å². The average Bonchev–Trinajstić information content (AvgIpc) is 3.51. The Bertz CT molecular complexity index is 1390. The fourth-order valence-electron chi connectivity index (χ4n) is 3.91. The third-order valence-corrected chi connectivity index (χ3v) is 6.84. The van der Waals surface area contributed by atoms with E-state index in [1.807, 2.05) is 61.5 Å². The molecule has 2 heterocycles. The maximum atomic E-state index is 12.8. The molecule has 0 fully saturated rings. The van der Waals surface area contributed by atoms with E-state index in [0.29, 0.717) is 23.4 Å². The van der Waals surface area contributed by atoms with Gasteiger partial charge in [-0.1, -0.05) is 42.5 Å². The molecule has 2 N–H and O–H groups in total. The van der Waals surface area contributed by atoms with Crippen LogP contribution >= 0.6 is 11.8 Å². The average molecular weight is 576 g/mol. The summed E-state index contributed by atoms with van der Waals surface area (Å²) in [7, 11) is 5.67. The first kappa shape index (κ1) is 29.7. The van der Waals surface area contributed by atoms with Crippen LogP contribution in [0.1, 0.15) is 37.8 Å². The molecule has 0 saturated heterocycles. The summed E-state index contributed by atoms with van der Waals surface area (Å²) in [5.41, 5.74) is 4.08. The van der Waals surface area contributed by atoms with E-state index in [1.165, 1.54) is 5.01 Å². The maximum Gasteiger partial charge on any atom is 0.276 e. The van der Waals surface area contributed by atoms with Crippen LogP contribution in [-0.4, -0.2) is 84.8 Å². The van der Waals surface area contributed by atoms with Crippen LogP contribution in [-0.2, 0) is 17.1 Å². The fourth-order valence-corrected chi connectivity index (χ4v) is 4.66. The van der Waals surface area contributed by atoms with Crippen molar-refractivity contribution in [2.45, 2.75) is 12.3 Å². The summed E-state index contributed by atoms with van der Waals surface area (Å²) in [5.74, 6) is 1.90. The molecule has 3 aromatic rings. The van der Waals surface area contributed by atoms with Crippen molar-refractivity contribution >= 4 is 41.7 Å². The van der Waals surface area contributed by atoms with Crippen LogP contribution in [0.5, 0.6) is 0 Å². The van der Waals surface area contributed by atoms with Crippen LogP contribution in [0.25, 0.3) is 0 Å². The van der Waals surface area contributed by atoms with Crippen LogP contribution in [0.15, 0.2) is 81.2 Å². The second kappa shape index (κ2) is 14.4. The molecule has 41 heavy (non-hydrogen) atoms. The Morgan fingerprint density at radius 1 is 0.951 bits per heavy atom. The minimum Gasteiger partial charge on any atom is -0.464 e. The van der Waals surface area contributed by atoms with Gasteiger partial charge in [-0.15, -0.1) is 0 Å². The number of rotatable bonds is 12. The summed E-state index contributed by atoms with van der Waals surface area (Å²) >= 11 is 1.68. The van der Waals surface area contributed by atoms with E-state index in [2.05, 4.69) is 20.8 Å². The summed E-state index contributed by atoms with van der Waals surface area (Å²) in [5, 5.41) is 9.89. The van der Waals surface area contributed by atoms with Crippen LogP contribution in [0.2, 0.25) is 0 Å². The quantitative estimate of drug-likeness (QED) is 0.110. The SMILES string of the molecule is CN(C)Cc1ccc(CSCCNC(=NC(=O)CNN2C(=O)c3ccccc3C2=O)N(C)N=Cc2ccccc2)o1. The van der Waals surface area contributed by atoms with Gasteiger partial charge in [-0.3, -0.25) is 14.4 Å². The maximum absolute atomic E-state index is 12.8. The highest BCUT2D eigenvalue weighted by atomic mass is 32.2. The molecule has 214 valence electrons. The summed E-state index contributed by atoms with van der Waals surface area (Å²) in [6.45, 7) is 0.909. The lowest BCUT2D eigenvalue weighted by molar-refractivity contribution is -0.117. The van der Waals surface area contributed by atoms with Gasteiger partial charge in [0.15, 0.2) is 0 Å².